The Kier molecular flexibility index (Phi) is 6.15. The van der Waals surface area contributed by atoms with Crippen LogP contribution < -0.4 is 10.1 Å². The molecule has 2 aromatic heterocycles. The van der Waals surface area contributed by atoms with Crippen molar-refractivity contribution in [3.63, 3.8) is 0 Å². The minimum absolute atomic E-state index is 0.0649. The lowest BCUT2D eigenvalue weighted by Gasteiger charge is -2.25. The molecule has 0 spiro atoms. The molecule has 1 amide bonds. The van der Waals surface area contributed by atoms with Crippen LogP contribution in [-0.4, -0.2) is 35.5 Å². The fraction of sp³-hybridized carbons (Fsp3) is 0.250. The number of thiophene rings is 1. The summed E-state index contributed by atoms with van der Waals surface area (Å²) in [5.41, 5.74) is 3.37. The number of anilines is 1. The van der Waals surface area contributed by atoms with Gasteiger partial charge in [-0.25, -0.2) is 4.98 Å². The highest BCUT2D eigenvalue weighted by Crippen LogP contribution is 2.45. The average Bonchev–Trinajstić information content (AvgIpc) is 3.38. The number of hydrogen-bond acceptors (Lipinski definition) is 6. The van der Waals surface area contributed by atoms with Crippen molar-refractivity contribution in [2.75, 3.05) is 25.0 Å². The Hall–Kier alpha value is -2.45. The third-order valence-electron chi connectivity index (χ3n) is 5.53. The van der Waals surface area contributed by atoms with E-state index >= 15 is 0 Å². The zero-order valence-electron chi connectivity index (χ0n) is 17.6. The Bertz CT molecular complexity index is 1230. The molecule has 0 saturated carbocycles. The summed E-state index contributed by atoms with van der Waals surface area (Å²) < 4.78 is 6.79. The predicted molar refractivity (Wildman–Crippen MR) is 133 cm³/mol. The first kappa shape index (κ1) is 21.4. The van der Waals surface area contributed by atoms with Crippen LogP contribution in [0.15, 0.2) is 48.5 Å². The summed E-state index contributed by atoms with van der Waals surface area (Å²) in [6.45, 7) is 5.07. The Morgan fingerprint density at radius 1 is 1.19 bits per heavy atom. The zero-order chi connectivity index (χ0) is 22.1. The third-order valence-corrected chi connectivity index (χ3v) is 7.97. The first-order valence-electron chi connectivity index (χ1n) is 10.5. The van der Waals surface area contributed by atoms with E-state index in [0.717, 1.165) is 51.8 Å². The molecule has 0 bridgehead atoms. The van der Waals surface area contributed by atoms with Crippen LogP contribution in [0.25, 0.3) is 20.8 Å². The van der Waals surface area contributed by atoms with Gasteiger partial charge in [-0.15, -0.1) is 22.7 Å². The minimum Gasteiger partial charge on any atom is -0.484 e. The monoisotopic (exact) mass is 483 g/mol. The van der Waals surface area contributed by atoms with Crippen molar-refractivity contribution in [1.82, 2.24) is 9.88 Å². The van der Waals surface area contributed by atoms with Gasteiger partial charge in [0.15, 0.2) is 6.61 Å². The van der Waals surface area contributed by atoms with Crippen LogP contribution in [0.1, 0.15) is 17.4 Å². The van der Waals surface area contributed by atoms with Gasteiger partial charge >= 0.3 is 0 Å². The Balaban J connectivity index is 1.43. The lowest BCUT2D eigenvalue weighted by atomic mass is 10.0. The Morgan fingerprint density at radius 3 is 2.78 bits per heavy atom. The second-order valence-electron chi connectivity index (χ2n) is 7.60. The number of likely N-dealkylation sites (N-methyl/N-ethyl adjacent to an activating group) is 1. The molecule has 8 heteroatoms. The summed E-state index contributed by atoms with van der Waals surface area (Å²) in [5, 5.41) is 5.55. The van der Waals surface area contributed by atoms with Crippen LogP contribution in [0.4, 0.5) is 5.00 Å². The highest BCUT2D eigenvalue weighted by molar-refractivity contribution is 7.22. The molecule has 5 nitrogen and oxygen atoms in total. The maximum Gasteiger partial charge on any atom is 0.262 e. The number of hydrogen-bond donors (Lipinski definition) is 1. The largest absolute Gasteiger partial charge is 0.484 e. The summed E-state index contributed by atoms with van der Waals surface area (Å²) in [6.07, 6.45) is 0.960. The molecule has 1 aliphatic heterocycles. The number of nitrogens with zero attached hydrogens (tertiary/aromatic N) is 2. The number of carbonyl (C=O) groups is 1. The maximum absolute atomic E-state index is 12.8. The summed E-state index contributed by atoms with van der Waals surface area (Å²) in [7, 11) is 0. The SMILES string of the molecule is CCN1CCc2c(sc(NC(=O)COc3ccc(Cl)cc3)c2-c2nc3ccccc3s2)C1. The Labute approximate surface area is 199 Å². The van der Waals surface area contributed by atoms with E-state index in [1.807, 2.05) is 18.2 Å². The van der Waals surface area contributed by atoms with Crippen LogP contribution in [0, 0.1) is 0 Å². The molecule has 32 heavy (non-hydrogen) atoms. The van der Waals surface area contributed by atoms with Gasteiger partial charge in [0.25, 0.3) is 5.91 Å². The molecular formula is C24H22ClN3O2S2. The average molecular weight is 484 g/mol. The molecule has 0 fully saturated rings. The zero-order valence-corrected chi connectivity index (χ0v) is 19.9. The molecule has 0 atom stereocenters. The van der Waals surface area contributed by atoms with Gasteiger partial charge in [0, 0.05) is 28.6 Å². The van der Waals surface area contributed by atoms with Gasteiger partial charge in [-0.1, -0.05) is 30.7 Å². The topological polar surface area (TPSA) is 54.5 Å². The summed E-state index contributed by atoms with van der Waals surface area (Å²) in [4.78, 5) is 21.4. The Morgan fingerprint density at radius 2 is 2.00 bits per heavy atom. The van der Waals surface area contributed by atoms with Crippen molar-refractivity contribution < 1.29 is 9.53 Å². The molecule has 2 aromatic carbocycles. The first-order chi connectivity index (χ1) is 15.6. The molecule has 4 aromatic rings. The molecular weight excluding hydrogens is 462 g/mol. The van der Waals surface area contributed by atoms with E-state index in [0.29, 0.717) is 10.8 Å². The molecule has 0 aliphatic carbocycles. The number of para-hydroxylation sites is 1. The molecule has 3 heterocycles. The summed E-state index contributed by atoms with van der Waals surface area (Å²) >= 11 is 9.25. The predicted octanol–water partition coefficient (Wildman–Crippen LogP) is 6.07. The van der Waals surface area contributed by atoms with Crippen molar-refractivity contribution in [1.29, 1.82) is 0 Å². The van der Waals surface area contributed by atoms with E-state index in [1.165, 1.54) is 10.4 Å². The van der Waals surface area contributed by atoms with Gasteiger partial charge in [0.1, 0.15) is 15.8 Å². The molecule has 1 N–H and O–H groups in total. The fourth-order valence-corrected chi connectivity index (χ4v) is 6.40. The number of aromatic nitrogens is 1. The van der Waals surface area contributed by atoms with Crippen molar-refractivity contribution in [2.45, 2.75) is 19.9 Å². The smallest absolute Gasteiger partial charge is 0.262 e. The van der Waals surface area contributed by atoms with E-state index in [1.54, 1.807) is 46.9 Å². The van der Waals surface area contributed by atoms with Gasteiger partial charge in [0.05, 0.1) is 10.2 Å². The second-order valence-corrected chi connectivity index (χ2v) is 10.2. The standard InChI is InChI=1S/C24H22ClN3O2S2/c1-2-28-12-11-17-20(13-28)32-24(22(17)23-26-18-5-3-4-6-19(18)31-23)27-21(29)14-30-16-9-7-15(25)8-10-16/h3-10H,2,11-14H2,1H3,(H,27,29). The van der Waals surface area contributed by atoms with Gasteiger partial charge in [-0.05, 0) is 54.9 Å². The van der Waals surface area contributed by atoms with Gasteiger partial charge < -0.3 is 10.1 Å². The molecule has 0 radical (unpaired) electrons. The van der Waals surface area contributed by atoms with Crippen molar-refractivity contribution >= 4 is 55.4 Å². The number of carbonyl (C=O) groups excluding carboxylic acids is 1. The van der Waals surface area contributed by atoms with E-state index in [9.17, 15) is 4.79 Å². The number of amides is 1. The van der Waals surface area contributed by atoms with Crippen LogP contribution in [0.2, 0.25) is 5.02 Å². The number of ether oxygens (including phenoxy) is 1. The highest BCUT2D eigenvalue weighted by Gasteiger charge is 2.27. The molecule has 164 valence electrons. The van der Waals surface area contributed by atoms with E-state index in [2.05, 4.69) is 23.2 Å². The lowest BCUT2D eigenvalue weighted by Crippen LogP contribution is -2.29. The minimum atomic E-state index is -0.187. The van der Waals surface area contributed by atoms with E-state index in [-0.39, 0.29) is 12.5 Å². The van der Waals surface area contributed by atoms with Gasteiger partial charge in [-0.2, -0.15) is 0 Å². The van der Waals surface area contributed by atoms with Crippen LogP contribution in [0.5, 0.6) is 5.75 Å². The number of halogens is 1. The van der Waals surface area contributed by atoms with Crippen molar-refractivity contribution in [3.8, 4) is 16.3 Å². The molecule has 1 aliphatic rings. The van der Waals surface area contributed by atoms with E-state index < -0.39 is 0 Å². The van der Waals surface area contributed by atoms with Crippen molar-refractivity contribution in [2.24, 2.45) is 0 Å². The van der Waals surface area contributed by atoms with Crippen LogP contribution in [0.3, 0.4) is 0 Å². The third kappa shape index (κ3) is 4.38. The number of nitrogens with one attached hydrogen (secondary N) is 1. The quantitative estimate of drug-likeness (QED) is 0.361. The molecule has 5 rings (SSSR count). The second kappa shape index (κ2) is 9.19. The summed E-state index contributed by atoms with van der Waals surface area (Å²) in [5.74, 6) is 0.424. The lowest BCUT2D eigenvalue weighted by molar-refractivity contribution is -0.118. The number of benzene rings is 2. The fourth-order valence-electron chi connectivity index (χ4n) is 3.86. The van der Waals surface area contributed by atoms with E-state index in [4.69, 9.17) is 21.3 Å². The van der Waals surface area contributed by atoms with Crippen LogP contribution >= 0.6 is 34.3 Å². The van der Waals surface area contributed by atoms with Gasteiger partial charge in [0.2, 0.25) is 0 Å². The number of thiazole rings is 1. The van der Waals surface area contributed by atoms with Crippen LogP contribution in [-0.2, 0) is 17.8 Å². The first-order valence-corrected chi connectivity index (χ1v) is 12.5. The molecule has 0 saturated heterocycles. The number of fused-ring (bicyclic) bond motifs is 2. The summed E-state index contributed by atoms with van der Waals surface area (Å²) in [6, 6.07) is 15.2. The number of rotatable bonds is 6. The molecule has 0 unspecified atom stereocenters. The highest BCUT2D eigenvalue weighted by atomic mass is 35.5. The van der Waals surface area contributed by atoms with Crippen molar-refractivity contribution in [3.05, 3.63) is 64.0 Å². The normalized spacial score (nSPS) is 13.8. The van der Waals surface area contributed by atoms with Gasteiger partial charge in [-0.3, -0.25) is 9.69 Å². The maximum atomic E-state index is 12.8.